The molecule has 0 aromatic heterocycles. The molecule has 1 aliphatic carbocycles. The molecular formula is C11H12ClFN2O. The van der Waals surface area contributed by atoms with Crippen LogP contribution >= 0.6 is 12.4 Å². The predicted molar refractivity (Wildman–Crippen MR) is 60.0 cm³/mol. The monoisotopic (exact) mass is 242 g/mol. The molecular weight excluding hydrogens is 231 g/mol. The molecule has 1 aliphatic rings. The number of ether oxygens (including phenoxy) is 1. The lowest BCUT2D eigenvalue weighted by Gasteiger charge is -2.11. The van der Waals surface area contributed by atoms with Crippen molar-refractivity contribution in [1.82, 2.24) is 0 Å². The van der Waals surface area contributed by atoms with E-state index >= 15 is 0 Å². The highest BCUT2D eigenvalue weighted by molar-refractivity contribution is 5.85. The van der Waals surface area contributed by atoms with Crippen LogP contribution in [-0.4, -0.2) is 12.1 Å². The molecule has 0 amide bonds. The first-order valence-corrected chi connectivity index (χ1v) is 4.74. The Kier molecular flexibility index (Phi) is 3.74. The van der Waals surface area contributed by atoms with Crippen LogP contribution in [0.5, 0.6) is 5.75 Å². The van der Waals surface area contributed by atoms with Crippen LogP contribution in [0.25, 0.3) is 0 Å². The Labute approximate surface area is 99.4 Å². The van der Waals surface area contributed by atoms with Gasteiger partial charge in [-0.25, -0.2) is 4.39 Å². The summed E-state index contributed by atoms with van der Waals surface area (Å²) in [7, 11) is 0. The number of rotatable bonds is 3. The van der Waals surface area contributed by atoms with E-state index in [0.717, 1.165) is 12.8 Å². The number of nitrogens with two attached hydrogens (primary N) is 1. The minimum absolute atomic E-state index is 0. The molecule has 1 fully saturated rings. The highest BCUT2D eigenvalue weighted by Crippen LogP contribution is 2.33. The van der Waals surface area contributed by atoms with Crippen molar-refractivity contribution in [3.63, 3.8) is 0 Å². The van der Waals surface area contributed by atoms with Gasteiger partial charge in [-0.2, -0.15) is 5.26 Å². The van der Waals surface area contributed by atoms with Crippen molar-refractivity contribution in [3.05, 3.63) is 29.6 Å². The zero-order valence-corrected chi connectivity index (χ0v) is 9.39. The topological polar surface area (TPSA) is 59.0 Å². The van der Waals surface area contributed by atoms with Gasteiger partial charge >= 0.3 is 0 Å². The molecule has 86 valence electrons. The van der Waals surface area contributed by atoms with Gasteiger partial charge in [-0.05, 0) is 25.0 Å². The molecule has 0 unspecified atom stereocenters. The van der Waals surface area contributed by atoms with Crippen molar-refractivity contribution in [2.24, 2.45) is 5.73 Å². The largest absolute Gasteiger partial charge is 0.489 e. The molecule has 2 N–H and O–H groups in total. The van der Waals surface area contributed by atoms with E-state index in [0.29, 0.717) is 12.2 Å². The van der Waals surface area contributed by atoms with Gasteiger partial charge in [0.1, 0.15) is 6.61 Å². The SMILES string of the molecule is Cl.N#Cc1ccc(F)c(OCC2(N)CC2)c1. The number of hydrogen-bond acceptors (Lipinski definition) is 3. The van der Waals surface area contributed by atoms with E-state index in [1.165, 1.54) is 18.2 Å². The molecule has 0 heterocycles. The van der Waals surface area contributed by atoms with Crippen LogP contribution in [0.3, 0.4) is 0 Å². The first-order valence-electron chi connectivity index (χ1n) is 4.74. The van der Waals surface area contributed by atoms with Gasteiger partial charge in [-0.3, -0.25) is 0 Å². The van der Waals surface area contributed by atoms with Crippen LogP contribution < -0.4 is 10.5 Å². The minimum Gasteiger partial charge on any atom is -0.489 e. The first kappa shape index (κ1) is 12.8. The van der Waals surface area contributed by atoms with Crippen LogP contribution in [0.2, 0.25) is 0 Å². The number of hydrogen-bond donors (Lipinski definition) is 1. The summed E-state index contributed by atoms with van der Waals surface area (Å²) in [6.07, 6.45) is 1.82. The molecule has 1 aromatic rings. The van der Waals surface area contributed by atoms with Gasteiger partial charge in [0.2, 0.25) is 0 Å². The first-order chi connectivity index (χ1) is 7.13. The lowest BCUT2D eigenvalue weighted by molar-refractivity contribution is 0.267. The third kappa shape index (κ3) is 2.84. The average Bonchev–Trinajstić information content (AvgIpc) is 2.96. The van der Waals surface area contributed by atoms with Crippen molar-refractivity contribution in [2.75, 3.05) is 6.61 Å². The fraction of sp³-hybridized carbons (Fsp3) is 0.364. The van der Waals surface area contributed by atoms with E-state index in [2.05, 4.69) is 0 Å². The summed E-state index contributed by atoms with van der Waals surface area (Å²) in [4.78, 5) is 0. The van der Waals surface area contributed by atoms with Crippen molar-refractivity contribution in [1.29, 1.82) is 5.26 Å². The molecule has 5 heteroatoms. The average molecular weight is 243 g/mol. The Balaban J connectivity index is 0.00000128. The van der Waals surface area contributed by atoms with Crippen LogP contribution in [-0.2, 0) is 0 Å². The second-order valence-electron chi connectivity index (χ2n) is 3.91. The molecule has 3 nitrogen and oxygen atoms in total. The maximum atomic E-state index is 13.2. The zero-order chi connectivity index (χ0) is 10.9. The molecule has 0 spiro atoms. The van der Waals surface area contributed by atoms with Crippen molar-refractivity contribution in [3.8, 4) is 11.8 Å². The Morgan fingerprint density at radius 3 is 2.75 bits per heavy atom. The van der Waals surface area contributed by atoms with Gasteiger partial charge < -0.3 is 10.5 Å². The summed E-state index contributed by atoms with van der Waals surface area (Å²) in [5, 5.41) is 8.64. The van der Waals surface area contributed by atoms with E-state index in [4.69, 9.17) is 15.7 Å². The van der Waals surface area contributed by atoms with Crippen molar-refractivity contribution >= 4 is 12.4 Å². The third-order valence-electron chi connectivity index (χ3n) is 2.47. The highest BCUT2D eigenvalue weighted by Gasteiger charge is 2.39. The van der Waals surface area contributed by atoms with E-state index in [9.17, 15) is 4.39 Å². The number of benzene rings is 1. The summed E-state index contributed by atoms with van der Waals surface area (Å²) in [6, 6.07) is 5.96. The molecule has 1 aromatic carbocycles. The van der Waals surface area contributed by atoms with Gasteiger partial charge in [0.25, 0.3) is 0 Å². The maximum absolute atomic E-state index is 13.2. The Hall–Kier alpha value is -1.31. The molecule has 16 heavy (non-hydrogen) atoms. The third-order valence-corrected chi connectivity index (χ3v) is 2.47. The summed E-state index contributed by atoms with van der Waals surface area (Å²) in [6.45, 7) is 0.304. The molecule has 0 aliphatic heterocycles. The highest BCUT2D eigenvalue weighted by atomic mass is 35.5. The number of halogens is 2. The molecule has 1 saturated carbocycles. The van der Waals surface area contributed by atoms with E-state index in [1.807, 2.05) is 6.07 Å². The van der Waals surface area contributed by atoms with Crippen molar-refractivity contribution in [2.45, 2.75) is 18.4 Å². The number of nitriles is 1. The lowest BCUT2D eigenvalue weighted by Crippen LogP contribution is -2.29. The van der Waals surface area contributed by atoms with Crippen molar-refractivity contribution < 1.29 is 9.13 Å². The Morgan fingerprint density at radius 1 is 1.50 bits per heavy atom. The van der Waals surface area contributed by atoms with E-state index in [1.54, 1.807) is 0 Å². The van der Waals surface area contributed by atoms with Crippen LogP contribution in [0.1, 0.15) is 18.4 Å². The van der Waals surface area contributed by atoms with E-state index in [-0.39, 0.29) is 23.7 Å². The minimum atomic E-state index is -0.460. The molecule has 0 saturated heterocycles. The summed E-state index contributed by atoms with van der Waals surface area (Å²) < 4.78 is 18.5. The smallest absolute Gasteiger partial charge is 0.165 e. The molecule has 0 radical (unpaired) electrons. The van der Waals surface area contributed by atoms with Gasteiger partial charge in [0, 0.05) is 6.07 Å². The van der Waals surface area contributed by atoms with Crippen LogP contribution in [0, 0.1) is 17.1 Å². The van der Waals surface area contributed by atoms with Gasteiger partial charge in [-0.1, -0.05) is 0 Å². The van der Waals surface area contributed by atoms with E-state index < -0.39 is 5.82 Å². The Bertz CT molecular complexity index is 426. The van der Waals surface area contributed by atoms with Crippen LogP contribution in [0.4, 0.5) is 4.39 Å². The molecule has 0 atom stereocenters. The standard InChI is InChI=1S/C11H11FN2O.ClH/c12-9-2-1-8(6-13)5-10(9)15-7-11(14)3-4-11;/h1-2,5H,3-4,7,14H2;1H. The fourth-order valence-corrected chi connectivity index (χ4v) is 1.21. The maximum Gasteiger partial charge on any atom is 0.165 e. The molecule has 2 rings (SSSR count). The zero-order valence-electron chi connectivity index (χ0n) is 8.57. The normalized spacial score (nSPS) is 15.8. The van der Waals surface area contributed by atoms with Gasteiger partial charge in [0.05, 0.1) is 17.2 Å². The summed E-state index contributed by atoms with van der Waals surface area (Å²) in [5.41, 5.74) is 5.90. The fourth-order valence-electron chi connectivity index (χ4n) is 1.21. The van der Waals surface area contributed by atoms with Crippen LogP contribution in [0.15, 0.2) is 18.2 Å². The predicted octanol–water partition coefficient (Wildman–Crippen LogP) is 1.99. The van der Waals surface area contributed by atoms with Gasteiger partial charge in [0.15, 0.2) is 11.6 Å². The second-order valence-corrected chi connectivity index (χ2v) is 3.91. The molecule has 0 bridgehead atoms. The Morgan fingerprint density at radius 2 is 2.19 bits per heavy atom. The second kappa shape index (κ2) is 4.69. The number of nitrogens with zero attached hydrogens (tertiary/aromatic N) is 1. The van der Waals surface area contributed by atoms with Gasteiger partial charge in [-0.15, -0.1) is 12.4 Å². The lowest BCUT2D eigenvalue weighted by atomic mass is 10.2. The summed E-state index contributed by atoms with van der Waals surface area (Å²) >= 11 is 0. The quantitative estimate of drug-likeness (QED) is 0.882. The summed E-state index contributed by atoms with van der Waals surface area (Å²) in [5.74, 6) is -0.357.